The zero-order valence-corrected chi connectivity index (χ0v) is 11.4. The highest BCUT2D eigenvalue weighted by atomic mass is 35.5. The van der Waals surface area contributed by atoms with Crippen molar-refractivity contribution >= 4 is 23.2 Å². The summed E-state index contributed by atoms with van der Waals surface area (Å²) in [7, 11) is 0. The molecule has 0 unspecified atom stereocenters. The molecule has 0 amide bonds. The largest absolute Gasteiger partial charge is 0.416 e. The average molecular weight is 322 g/mol. The molecule has 0 saturated heterocycles. The summed E-state index contributed by atoms with van der Waals surface area (Å²) in [6.45, 7) is -0.820. The number of aliphatic hydroxyl groups is 1. The number of hydrogen-bond acceptors (Lipinski definition) is 2. The van der Waals surface area contributed by atoms with Crippen LogP contribution in [-0.4, -0.2) is 10.1 Å². The molecule has 0 atom stereocenters. The van der Waals surface area contributed by atoms with Gasteiger partial charge < -0.3 is 5.11 Å². The fraction of sp³-hybridized carbons (Fsp3) is 0.154. The molecule has 0 aliphatic carbocycles. The number of rotatable bonds is 2. The first-order valence-electron chi connectivity index (χ1n) is 5.46. The first-order valence-corrected chi connectivity index (χ1v) is 6.22. The van der Waals surface area contributed by atoms with Crippen LogP contribution in [0, 0.1) is 0 Å². The van der Waals surface area contributed by atoms with Crippen LogP contribution < -0.4 is 0 Å². The number of hydrogen-bond donors (Lipinski definition) is 1. The molecule has 106 valence electrons. The Morgan fingerprint density at radius 2 is 1.70 bits per heavy atom. The maximum Gasteiger partial charge on any atom is 0.416 e. The maximum atomic E-state index is 12.9. The van der Waals surface area contributed by atoms with Crippen molar-refractivity contribution in [2.75, 3.05) is 0 Å². The van der Waals surface area contributed by atoms with Crippen LogP contribution in [0.15, 0.2) is 30.5 Å². The fourth-order valence-corrected chi connectivity index (χ4v) is 2.43. The second kappa shape index (κ2) is 5.60. The number of halogens is 5. The zero-order chi connectivity index (χ0) is 14.9. The van der Waals surface area contributed by atoms with E-state index in [-0.39, 0.29) is 26.9 Å². The van der Waals surface area contributed by atoms with Crippen molar-refractivity contribution in [1.82, 2.24) is 4.98 Å². The van der Waals surface area contributed by atoms with Gasteiger partial charge in [0, 0.05) is 17.3 Å². The van der Waals surface area contributed by atoms with Crippen molar-refractivity contribution in [3.05, 3.63) is 51.6 Å². The lowest BCUT2D eigenvalue weighted by Gasteiger charge is -2.16. The second-order valence-corrected chi connectivity index (χ2v) is 4.75. The second-order valence-electron chi connectivity index (χ2n) is 3.94. The molecule has 0 aliphatic heterocycles. The normalized spacial score (nSPS) is 11.7. The molecule has 20 heavy (non-hydrogen) atoms. The van der Waals surface area contributed by atoms with Crippen LogP contribution in [-0.2, 0) is 12.8 Å². The van der Waals surface area contributed by atoms with Crippen molar-refractivity contribution in [3.63, 3.8) is 0 Å². The minimum Gasteiger partial charge on any atom is -0.392 e. The minimum atomic E-state index is -4.59. The molecular weight excluding hydrogens is 314 g/mol. The third-order valence-corrected chi connectivity index (χ3v) is 3.35. The lowest BCUT2D eigenvalue weighted by atomic mass is 10.0. The van der Waals surface area contributed by atoms with Gasteiger partial charge in [0.25, 0.3) is 0 Å². The Bertz CT molecular complexity index is 624. The topological polar surface area (TPSA) is 33.1 Å². The molecular formula is C13H8Cl2F3NO. The van der Waals surface area contributed by atoms with E-state index < -0.39 is 18.3 Å². The summed E-state index contributed by atoms with van der Waals surface area (Å²) in [5.41, 5.74) is -1.21. The van der Waals surface area contributed by atoms with Crippen LogP contribution in [0.4, 0.5) is 13.2 Å². The van der Waals surface area contributed by atoms with E-state index in [0.717, 1.165) is 12.3 Å². The highest BCUT2D eigenvalue weighted by molar-refractivity contribution is 6.39. The summed E-state index contributed by atoms with van der Waals surface area (Å²) >= 11 is 11.9. The van der Waals surface area contributed by atoms with Crippen LogP contribution in [0.5, 0.6) is 0 Å². The lowest BCUT2D eigenvalue weighted by molar-refractivity contribution is -0.138. The van der Waals surface area contributed by atoms with Gasteiger partial charge in [-0.1, -0.05) is 29.3 Å². The number of nitrogens with zero attached hydrogens (tertiary/aromatic N) is 1. The maximum absolute atomic E-state index is 12.9. The molecule has 2 nitrogen and oxygen atoms in total. The van der Waals surface area contributed by atoms with Crippen LogP contribution >= 0.6 is 23.2 Å². The summed E-state index contributed by atoms with van der Waals surface area (Å²) in [4.78, 5) is 3.89. The Kier molecular flexibility index (Phi) is 4.22. The van der Waals surface area contributed by atoms with E-state index >= 15 is 0 Å². The van der Waals surface area contributed by atoms with Crippen LogP contribution in [0.1, 0.15) is 11.1 Å². The predicted molar refractivity (Wildman–Crippen MR) is 70.6 cm³/mol. The molecule has 0 radical (unpaired) electrons. The Morgan fingerprint density at radius 3 is 2.20 bits per heavy atom. The SMILES string of the molecule is OCc1c(C(F)(F)F)ccnc1-c1c(Cl)cccc1Cl. The molecule has 2 aromatic rings. The van der Waals surface area contributed by atoms with E-state index in [0.29, 0.717) is 0 Å². The molecule has 7 heteroatoms. The molecule has 1 heterocycles. The number of pyridine rings is 1. The van der Waals surface area contributed by atoms with Gasteiger partial charge in [0.2, 0.25) is 0 Å². The Balaban J connectivity index is 2.76. The fourth-order valence-electron chi connectivity index (χ4n) is 1.86. The molecule has 0 aliphatic rings. The highest BCUT2D eigenvalue weighted by Gasteiger charge is 2.35. The molecule has 1 aromatic heterocycles. The van der Waals surface area contributed by atoms with Crippen molar-refractivity contribution in [2.24, 2.45) is 0 Å². The summed E-state index contributed by atoms with van der Waals surface area (Å²) in [5, 5.41) is 9.61. The summed E-state index contributed by atoms with van der Waals surface area (Å²) in [6, 6.07) is 5.36. The van der Waals surface area contributed by atoms with Crippen LogP contribution in [0.25, 0.3) is 11.3 Å². The Morgan fingerprint density at radius 1 is 1.10 bits per heavy atom. The standard InChI is InChI=1S/C13H8Cl2F3NO/c14-9-2-1-3-10(15)11(9)12-7(6-20)8(4-5-19-12)13(16,17)18/h1-5,20H,6H2. The average Bonchev–Trinajstić information content (AvgIpc) is 2.37. The van der Waals surface area contributed by atoms with Gasteiger partial charge in [-0.2, -0.15) is 13.2 Å². The molecule has 0 bridgehead atoms. The number of benzene rings is 1. The lowest BCUT2D eigenvalue weighted by Crippen LogP contribution is -2.11. The highest BCUT2D eigenvalue weighted by Crippen LogP contribution is 2.40. The van der Waals surface area contributed by atoms with E-state index in [9.17, 15) is 18.3 Å². The summed E-state index contributed by atoms with van der Waals surface area (Å²) in [5.74, 6) is 0. The first kappa shape index (κ1) is 15.1. The number of aromatic nitrogens is 1. The summed E-state index contributed by atoms with van der Waals surface area (Å²) in [6.07, 6.45) is -3.58. The van der Waals surface area contributed by atoms with Crippen LogP contribution in [0.3, 0.4) is 0 Å². The molecule has 2 rings (SSSR count). The van der Waals surface area contributed by atoms with E-state index in [1.807, 2.05) is 0 Å². The van der Waals surface area contributed by atoms with E-state index in [1.54, 1.807) is 6.07 Å². The number of alkyl halides is 3. The van der Waals surface area contributed by atoms with Gasteiger partial charge >= 0.3 is 6.18 Å². The van der Waals surface area contributed by atoms with Crippen molar-refractivity contribution < 1.29 is 18.3 Å². The molecule has 1 aromatic carbocycles. The van der Waals surface area contributed by atoms with Gasteiger partial charge in [-0.15, -0.1) is 0 Å². The van der Waals surface area contributed by atoms with E-state index in [4.69, 9.17) is 23.2 Å². The number of aliphatic hydroxyl groups excluding tert-OH is 1. The van der Waals surface area contributed by atoms with Gasteiger partial charge in [-0.05, 0) is 18.2 Å². The molecule has 0 spiro atoms. The van der Waals surface area contributed by atoms with E-state index in [2.05, 4.69) is 4.98 Å². The molecule has 1 N–H and O–H groups in total. The minimum absolute atomic E-state index is 0.0714. The van der Waals surface area contributed by atoms with Gasteiger partial charge in [0.05, 0.1) is 27.9 Å². The van der Waals surface area contributed by atoms with Gasteiger partial charge in [0.1, 0.15) is 0 Å². The monoisotopic (exact) mass is 321 g/mol. The van der Waals surface area contributed by atoms with Gasteiger partial charge in [-0.25, -0.2) is 0 Å². The molecule has 0 saturated carbocycles. The van der Waals surface area contributed by atoms with Crippen molar-refractivity contribution in [2.45, 2.75) is 12.8 Å². The van der Waals surface area contributed by atoms with Gasteiger partial charge in [-0.3, -0.25) is 4.98 Å². The van der Waals surface area contributed by atoms with E-state index in [1.165, 1.54) is 12.1 Å². The summed E-state index contributed by atoms with van der Waals surface area (Å²) < 4.78 is 38.8. The van der Waals surface area contributed by atoms with Gasteiger partial charge in [0.15, 0.2) is 0 Å². The first-order chi connectivity index (χ1) is 9.36. The third-order valence-electron chi connectivity index (χ3n) is 2.72. The van der Waals surface area contributed by atoms with Crippen molar-refractivity contribution in [3.8, 4) is 11.3 Å². The van der Waals surface area contributed by atoms with Crippen molar-refractivity contribution in [1.29, 1.82) is 0 Å². The van der Waals surface area contributed by atoms with Crippen LogP contribution in [0.2, 0.25) is 10.0 Å². The molecule has 0 fully saturated rings. The zero-order valence-electron chi connectivity index (χ0n) is 9.88. The smallest absolute Gasteiger partial charge is 0.392 e. The Labute approximate surface area is 122 Å². The third kappa shape index (κ3) is 2.75. The Hall–Kier alpha value is -1.30. The quantitative estimate of drug-likeness (QED) is 0.879. The predicted octanol–water partition coefficient (Wildman–Crippen LogP) is 4.57.